The van der Waals surface area contributed by atoms with Crippen molar-refractivity contribution in [3.63, 3.8) is 0 Å². The molecule has 1 N–H and O–H groups in total. The minimum Gasteiger partial charge on any atom is -0.464 e. The molecule has 0 radical (unpaired) electrons. The zero-order chi connectivity index (χ0) is 17.3. The Morgan fingerprint density at radius 3 is 2.38 bits per heavy atom. The van der Waals surface area contributed by atoms with Gasteiger partial charge in [-0.25, -0.2) is 4.79 Å². The summed E-state index contributed by atoms with van der Waals surface area (Å²) >= 11 is 0. The number of aryl methyl sites for hydroxylation is 1. The van der Waals surface area contributed by atoms with Gasteiger partial charge in [-0.05, 0) is 18.6 Å². The molecule has 0 spiro atoms. The lowest BCUT2D eigenvalue weighted by Crippen LogP contribution is -2.24. The summed E-state index contributed by atoms with van der Waals surface area (Å²) in [5.41, 5.74) is 0.840. The summed E-state index contributed by atoms with van der Waals surface area (Å²) < 4.78 is 4.75. The number of esters is 1. The van der Waals surface area contributed by atoms with Gasteiger partial charge in [0.2, 0.25) is 5.43 Å². The van der Waals surface area contributed by atoms with Gasteiger partial charge >= 0.3 is 5.97 Å². The molecule has 5 heteroatoms. The quantitative estimate of drug-likeness (QED) is 0.594. The van der Waals surface area contributed by atoms with Crippen molar-refractivity contribution < 1.29 is 14.3 Å². The molecule has 1 aromatic heterocycles. The third-order valence-electron chi connectivity index (χ3n) is 3.90. The van der Waals surface area contributed by atoms with Crippen LogP contribution >= 0.6 is 0 Å². The first kappa shape index (κ1) is 15.7. The first-order valence-corrected chi connectivity index (χ1v) is 7.38. The molecule has 5 nitrogen and oxygen atoms in total. The number of methoxy groups -OCH3 is 1. The molecule has 0 amide bonds. The van der Waals surface area contributed by atoms with Gasteiger partial charge < -0.3 is 9.72 Å². The summed E-state index contributed by atoms with van der Waals surface area (Å²) in [6.45, 7) is 1.82. The van der Waals surface area contributed by atoms with Crippen molar-refractivity contribution in [3.8, 4) is 0 Å². The normalized spacial score (nSPS) is 10.6. The van der Waals surface area contributed by atoms with Gasteiger partial charge in [0, 0.05) is 10.9 Å². The van der Waals surface area contributed by atoms with Crippen LogP contribution in [-0.2, 0) is 4.74 Å². The molecule has 120 valence electrons. The lowest BCUT2D eigenvalue weighted by Gasteiger charge is -2.10. The summed E-state index contributed by atoms with van der Waals surface area (Å²) in [5.74, 6) is -1.27. The maximum Gasteiger partial charge on any atom is 0.355 e. The molecule has 3 rings (SSSR count). The zero-order valence-electron chi connectivity index (χ0n) is 13.3. The van der Waals surface area contributed by atoms with Crippen molar-refractivity contribution in [2.45, 2.75) is 6.92 Å². The topological polar surface area (TPSA) is 76.2 Å². The fourth-order valence-corrected chi connectivity index (χ4v) is 2.66. The lowest BCUT2D eigenvalue weighted by molar-refractivity contribution is 0.0591. The van der Waals surface area contributed by atoms with Gasteiger partial charge in [-0.1, -0.05) is 42.5 Å². The van der Waals surface area contributed by atoms with E-state index in [0.29, 0.717) is 16.5 Å². The number of aromatic nitrogens is 1. The number of ether oxygens (including phenoxy) is 1. The minimum absolute atomic E-state index is 0.127. The van der Waals surface area contributed by atoms with E-state index in [4.69, 9.17) is 4.74 Å². The molecule has 0 fully saturated rings. The van der Waals surface area contributed by atoms with Crippen LogP contribution in [0.15, 0.2) is 53.3 Å². The average Bonchev–Trinajstić information content (AvgIpc) is 2.62. The number of hydrogen-bond acceptors (Lipinski definition) is 4. The number of benzene rings is 2. The van der Waals surface area contributed by atoms with E-state index in [1.165, 1.54) is 7.11 Å². The van der Waals surface area contributed by atoms with Gasteiger partial charge in [0.1, 0.15) is 11.3 Å². The fraction of sp³-hybridized carbons (Fsp3) is 0.105. The second kappa shape index (κ2) is 6.12. The molecular weight excluding hydrogens is 306 g/mol. The van der Waals surface area contributed by atoms with E-state index in [2.05, 4.69) is 4.98 Å². The smallest absolute Gasteiger partial charge is 0.355 e. The van der Waals surface area contributed by atoms with Gasteiger partial charge in [0.15, 0.2) is 5.78 Å². The number of fused-ring (bicyclic) bond motifs is 1. The highest BCUT2D eigenvalue weighted by Gasteiger charge is 2.25. The highest BCUT2D eigenvalue weighted by Crippen LogP contribution is 2.18. The molecule has 3 aromatic rings. The first-order chi connectivity index (χ1) is 11.5. The van der Waals surface area contributed by atoms with Crippen LogP contribution < -0.4 is 5.43 Å². The van der Waals surface area contributed by atoms with E-state index >= 15 is 0 Å². The summed E-state index contributed by atoms with van der Waals surface area (Å²) in [6, 6.07) is 13.6. The van der Waals surface area contributed by atoms with Crippen LogP contribution in [0.1, 0.15) is 32.0 Å². The average molecular weight is 321 g/mol. The maximum absolute atomic E-state index is 12.9. The van der Waals surface area contributed by atoms with E-state index in [0.717, 1.165) is 5.56 Å². The third kappa shape index (κ3) is 2.50. The van der Waals surface area contributed by atoms with E-state index in [1.54, 1.807) is 42.5 Å². The maximum atomic E-state index is 12.9. The highest BCUT2D eigenvalue weighted by molar-refractivity contribution is 6.15. The molecule has 0 aliphatic carbocycles. The van der Waals surface area contributed by atoms with Gasteiger partial charge in [-0.15, -0.1) is 0 Å². The van der Waals surface area contributed by atoms with E-state index < -0.39 is 17.2 Å². The number of para-hydroxylation sites is 1. The third-order valence-corrected chi connectivity index (χ3v) is 3.90. The number of carbonyl (C=O) groups excluding carboxylic acids is 2. The predicted octanol–water partition coefficient (Wildman–Crippen LogP) is 2.85. The number of pyridine rings is 1. The number of aromatic amines is 1. The number of ketones is 1. The van der Waals surface area contributed by atoms with Crippen molar-refractivity contribution >= 4 is 22.7 Å². The number of nitrogens with one attached hydrogen (secondary N) is 1. The number of H-pyrrole nitrogens is 1. The van der Waals surface area contributed by atoms with Crippen LogP contribution in [0.4, 0.5) is 0 Å². The fourth-order valence-electron chi connectivity index (χ4n) is 2.66. The molecule has 0 saturated carbocycles. The number of carbonyl (C=O) groups is 2. The van der Waals surface area contributed by atoms with Crippen molar-refractivity contribution in [2.75, 3.05) is 7.11 Å². The Kier molecular flexibility index (Phi) is 4.00. The van der Waals surface area contributed by atoms with Crippen LogP contribution in [0.25, 0.3) is 10.9 Å². The zero-order valence-corrected chi connectivity index (χ0v) is 13.3. The Morgan fingerprint density at radius 1 is 1.00 bits per heavy atom. The van der Waals surface area contributed by atoms with Crippen molar-refractivity contribution in [1.82, 2.24) is 4.98 Å². The van der Waals surface area contributed by atoms with E-state index in [1.807, 2.05) is 13.0 Å². The Morgan fingerprint density at radius 2 is 1.71 bits per heavy atom. The second-order valence-electron chi connectivity index (χ2n) is 5.39. The van der Waals surface area contributed by atoms with E-state index in [9.17, 15) is 14.4 Å². The number of hydrogen-bond donors (Lipinski definition) is 1. The van der Waals surface area contributed by atoms with Crippen molar-refractivity contribution in [1.29, 1.82) is 0 Å². The molecular formula is C19H15NO4. The summed E-state index contributed by atoms with van der Waals surface area (Å²) in [5, 5.41) is 0.363. The van der Waals surface area contributed by atoms with Crippen molar-refractivity contribution in [2.24, 2.45) is 0 Å². The molecule has 0 unspecified atom stereocenters. The molecule has 0 aliphatic heterocycles. The predicted molar refractivity (Wildman–Crippen MR) is 90.5 cm³/mol. The lowest BCUT2D eigenvalue weighted by atomic mass is 9.98. The molecule has 0 aliphatic rings. The molecule has 1 heterocycles. The number of rotatable bonds is 3. The van der Waals surface area contributed by atoms with Crippen molar-refractivity contribution in [3.05, 3.63) is 81.1 Å². The van der Waals surface area contributed by atoms with Crippen LogP contribution in [0.3, 0.4) is 0 Å². The first-order valence-electron chi connectivity index (χ1n) is 7.38. The van der Waals surface area contributed by atoms with Crippen LogP contribution in [0, 0.1) is 6.92 Å². The largest absolute Gasteiger partial charge is 0.464 e. The second-order valence-corrected chi connectivity index (χ2v) is 5.39. The van der Waals surface area contributed by atoms with Gasteiger partial charge in [0.05, 0.1) is 12.6 Å². The Bertz CT molecular complexity index is 1000. The molecule has 0 saturated heterocycles. The Hall–Kier alpha value is -3.21. The molecule has 0 bridgehead atoms. The van der Waals surface area contributed by atoms with Gasteiger partial charge in [-0.2, -0.15) is 0 Å². The van der Waals surface area contributed by atoms with E-state index in [-0.39, 0.29) is 11.3 Å². The standard InChI is InChI=1S/C19H15NO4/c1-11-7-6-10-13-15(11)20-16(19(23)24-2)14(18(13)22)17(21)12-8-4-3-5-9-12/h3-10H,1-2H3,(H,20,22). The van der Waals surface area contributed by atoms with Gasteiger partial charge in [0.25, 0.3) is 0 Å². The molecule has 2 aromatic carbocycles. The van der Waals surface area contributed by atoms with Crippen LogP contribution in [0.5, 0.6) is 0 Å². The highest BCUT2D eigenvalue weighted by atomic mass is 16.5. The Balaban J connectivity index is 2.37. The summed E-state index contributed by atoms with van der Waals surface area (Å²) in [4.78, 5) is 40.7. The SMILES string of the molecule is COC(=O)c1[nH]c2c(C)cccc2c(=O)c1C(=O)c1ccccc1. The monoisotopic (exact) mass is 321 g/mol. The summed E-state index contributed by atoms with van der Waals surface area (Å²) in [7, 11) is 1.21. The summed E-state index contributed by atoms with van der Waals surface area (Å²) in [6.07, 6.45) is 0. The molecule has 0 atom stereocenters. The van der Waals surface area contributed by atoms with Crippen LogP contribution in [-0.4, -0.2) is 23.8 Å². The van der Waals surface area contributed by atoms with Gasteiger partial charge in [-0.3, -0.25) is 9.59 Å². The Labute approximate surface area is 137 Å². The molecule has 24 heavy (non-hydrogen) atoms. The minimum atomic E-state index is -0.753. The van der Waals surface area contributed by atoms with Crippen LogP contribution in [0.2, 0.25) is 0 Å².